The van der Waals surface area contributed by atoms with E-state index in [0.717, 1.165) is 51.4 Å². The number of carbonyl (C=O) groups is 3. The number of carboxylic acids is 1. The van der Waals surface area contributed by atoms with Crippen LogP contribution in [-0.2, 0) is 14.4 Å². The molecule has 0 bridgehead atoms. The van der Waals surface area contributed by atoms with Crippen molar-refractivity contribution >= 4 is 40.1 Å². The number of alkyl halides is 2. The zero-order valence-corrected chi connectivity index (χ0v) is 25.7. The minimum absolute atomic E-state index is 0.0324. The van der Waals surface area contributed by atoms with Crippen molar-refractivity contribution in [3.8, 4) is 28.1 Å². The van der Waals surface area contributed by atoms with E-state index in [4.69, 9.17) is 9.72 Å². The molecule has 12 heteroatoms. The molecule has 3 fully saturated rings. The van der Waals surface area contributed by atoms with Crippen molar-refractivity contribution in [2.75, 3.05) is 16.3 Å². The summed E-state index contributed by atoms with van der Waals surface area (Å²) in [6.07, 6.45) is 10.1. The fraction of sp³-hybridized carbons (Fsp3) is 0.485. The van der Waals surface area contributed by atoms with Gasteiger partial charge >= 0.3 is 12.6 Å². The van der Waals surface area contributed by atoms with Crippen LogP contribution in [0.15, 0.2) is 41.9 Å². The molecule has 1 saturated heterocycles. The monoisotopic (exact) mass is 638 g/mol. The fourth-order valence-electron chi connectivity index (χ4n) is 6.51. The lowest BCUT2D eigenvalue weighted by molar-refractivity contribution is -0.141. The highest BCUT2D eigenvalue weighted by molar-refractivity contribution is 7.14. The summed E-state index contributed by atoms with van der Waals surface area (Å²) in [5.74, 6) is -0.927. The largest absolute Gasteiger partial charge is 0.481 e. The minimum Gasteiger partial charge on any atom is -0.481 e. The number of amides is 2. The molecule has 0 unspecified atom stereocenters. The van der Waals surface area contributed by atoms with E-state index in [1.54, 1.807) is 33.5 Å². The quantitative estimate of drug-likeness (QED) is 0.224. The third-order valence-corrected chi connectivity index (χ3v) is 9.70. The second-order valence-corrected chi connectivity index (χ2v) is 13.0. The third-order valence-electron chi connectivity index (χ3n) is 8.86. The molecule has 238 valence electrons. The minimum atomic E-state index is -3.01. The van der Waals surface area contributed by atoms with Gasteiger partial charge in [-0.25, -0.2) is 9.97 Å². The number of aromatic nitrogens is 2. The van der Waals surface area contributed by atoms with Crippen LogP contribution in [-0.4, -0.2) is 52.1 Å². The topological polar surface area (TPSA) is 113 Å². The van der Waals surface area contributed by atoms with Gasteiger partial charge in [-0.05, 0) is 73.9 Å². The summed E-state index contributed by atoms with van der Waals surface area (Å²) in [5, 5.41) is 11.9. The number of thiazole rings is 1. The van der Waals surface area contributed by atoms with Crippen molar-refractivity contribution in [3.63, 3.8) is 0 Å². The van der Waals surface area contributed by atoms with Crippen LogP contribution in [0.5, 0.6) is 5.75 Å². The first-order valence-electron chi connectivity index (χ1n) is 15.6. The Morgan fingerprint density at radius 2 is 1.87 bits per heavy atom. The predicted molar refractivity (Wildman–Crippen MR) is 166 cm³/mol. The maximum absolute atomic E-state index is 13.9. The van der Waals surface area contributed by atoms with Gasteiger partial charge in [0.1, 0.15) is 11.6 Å². The molecule has 2 saturated carbocycles. The number of rotatable bonds is 12. The van der Waals surface area contributed by atoms with Crippen molar-refractivity contribution in [3.05, 3.63) is 41.9 Å². The van der Waals surface area contributed by atoms with Gasteiger partial charge in [-0.15, -0.1) is 11.3 Å². The summed E-state index contributed by atoms with van der Waals surface area (Å²) in [6, 6.07) is 8.20. The highest BCUT2D eigenvalue weighted by atomic mass is 32.1. The first-order chi connectivity index (χ1) is 21.8. The van der Waals surface area contributed by atoms with E-state index in [-0.39, 0.29) is 30.0 Å². The second-order valence-electron chi connectivity index (χ2n) is 12.1. The van der Waals surface area contributed by atoms with Gasteiger partial charge in [0.05, 0.1) is 12.1 Å². The first kappa shape index (κ1) is 31.1. The average molecular weight is 639 g/mol. The van der Waals surface area contributed by atoms with Crippen LogP contribution in [0.3, 0.4) is 0 Å². The number of hydrogen-bond acceptors (Lipinski definition) is 7. The van der Waals surface area contributed by atoms with Crippen LogP contribution in [0.2, 0.25) is 0 Å². The lowest BCUT2D eigenvalue weighted by Gasteiger charge is -2.26. The number of carbonyl (C=O) groups excluding carboxylic acids is 2. The molecular weight excluding hydrogens is 602 g/mol. The Bertz CT molecular complexity index is 1540. The highest BCUT2D eigenvalue weighted by Gasteiger charge is 2.40. The standard InChI is InChI=1S/C33H36F2N4O5S/c34-32(35)44-24-11-12-25(21-8-13-28(36-18-21)38-14-4-3-7-29(38)40)26(17-24)27-19-45-33(37-27)39(23-9-10-23)31(43)22(16-30(41)42)15-20-5-1-2-6-20/h8,11-13,17-20,22-23,32H,1-7,9-10,14-16H2,(H,41,42)/t22-/m1/s1. The van der Waals surface area contributed by atoms with Gasteiger partial charge in [0.25, 0.3) is 0 Å². The van der Waals surface area contributed by atoms with Gasteiger partial charge < -0.3 is 9.84 Å². The second kappa shape index (κ2) is 13.6. The van der Waals surface area contributed by atoms with Crippen molar-refractivity contribution in [1.82, 2.24) is 9.97 Å². The number of hydrogen-bond donors (Lipinski definition) is 1. The third kappa shape index (κ3) is 7.32. The molecule has 1 atom stereocenters. The SMILES string of the molecule is O=C(O)C[C@@H](CC1CCCC1)C(=O)N(c1nc(-c2cc(OC(F)F)ccc2-c2ccc(N3CCCCC3=O)nc2)cs1)C1CC1. The molecule has 3 aliphatic rings. The summed E-state index contributed by atoms with van der Waals surface area (Å²) in [4.78, 5) is 50.8. The van der Waals surface area contributed by atoms with Crippen molar-refractivity contribution < 1.29 is 33.0 Å². The van der Waals surface area contributed by atoms with Crippen molar-refractivity contribution in [2.45, 2.75) is 83.3 Å². The van der Waals surface area contributed by atoms with Gasteiger partial charge in [-0.3, -0.25) is 24.2 Å². The number of benzene rings is 1. The maximum atomic E-state index is 13.9. The van der Waals surface area contributed by atoms with Gasteiger partial charge in [-0.2, -0.15) is 8.78 Å². The molecule has 2 aliphatic carbocycles. The number of anilines is 2. The zero-order valence-electron chi connectivity index (χ0n) is 24.9. The van der Waals surface area contributed by atoms with Gasteiger partial charge in [0.15, 0.2) is 5.13 Å². The van der Waals surface area contributed by atoms with Crippen molar-refractivity contribution in [2.24, 2.45) is 11.8 Å². The van der Waals surface area contributed by atoms with E-state index in [1.807, 2.05) is 6.07 Å². The van der Waals surface area contributed by atoms with Crippen LogP contribution in [0.1, 0.15) is 70.6 Å². The van der Waals surface area contributed by atoms with E-state index < -0.39 is 18.5 Å². The molecule has 9 nitrogen and oxygen atoms in total. The van der Waals surface area contributed by atoms with E-state index in [9.17, 15) is 28.3 Å². The summed E-state index contributed by atoms with van der Waals surface area (Å²) < 4.78 is 31.1. The molecule has 1 aliphatic heterocycles. The first-order valence-corrected chi connectivity index (χ1v) is 16.5. The molecule has 0 radical (unpaired) electrons. The van der Waals surface area contributed by atoms with Gasteiger partial charge in [0, 0.05) is 47.6 Å². The Hall–Kier alpha value is -3.93. The van der Waals surface area contributed by atoms with Crippen LogP contribution < -0.4 is 14.5 Å². The van der Waals surface area contributed by atoms with E-state index >= 15 is 0 Å². The summed E-state index contributed by atoms with van der Waals surface area (Å²) in [5.41, 5.74) is 2.37. The average Bonchev–Trinajstić information content (AvgIpc) is 3.49. The molecule has 6 rings (SSSR count). The van der Waals surface area contributed by atoms with Crippen LogP contribution in [0, 0.1) is 11.8 Å². The smallest absolute Gasteiger partial charge is 0.387 e. The Kier molecular flexibility index (Phi) is 9.39. The number of ether oxygens (including phenoxy) is 1. The number of aliphatic carboxylic acids is 1. The van der Waals surface area contributed by atoms with Gasteiger partial charge in [0.2, 0.25) is 11.8 Å². The molecule has 45 heavy (non-hydrogen) atoms. The Morgan fingerprint density at radius 3 is 2.53 bits per heavy atom. The Balaban J connectivity index is 1.31. The lowest BCUT2D eigenvalue weighted by atomic mass is 9.90. The number of piperidine rings is 1. The summed E-state index contributed by atoms with van der Waals surface area (Å²) >= 11 is 1.27. The van der Waals surface area contributed by atoms with E-state index in [0.29, 0.717) is 58.6 Å². The number of halogens is 2. The molecule has 2 amide bonds. The molecule has 0 spiro atoms. The van der Waals surface area contributed by atoms with Crippen molar-refractivity contribution in [1.29, 1.82) is 0 Å². The highest BCUT2D eigenvalue weighted by Crippen LogP contribution is 2.42. The number of pyridine rings is 1. The summed E-state index contributed by atoms with van der Waals surface area (Å²) in [6.45, 7) is -2.39. The molecule has 1 N–H and O–H groups in total. The molecule has 2 aromatic heterocycles. The van der Waals surface area contributed by atoms with E-state index in [2.05, 4.69) is 4.98 Å². The predicted octanol–water partition coefficient (Wildman–Crippen LogP) is 7.16. The lowest BCUT2D eigenvalue weighted by Crippen LogP contribution is -2.39. The Labute approximate surface area is 264 Å². The molecule has 1 aromatic carbocycles. The summed E-state index contributed by atoms with van der Waals surface area (Å²) in [7, 11) is 0. The molecule has 3 aromatic rings. The maximum Gasteiger partial charge on any atom is 0.387 e. The van der Waals surface area contributed by atoms with Crippen LogP contribution in [0.25, 0.3) is 22.4 Å². The van der Waals surface area contributed by atoms with Gasteiger partial charge in [-0.1, -0.05) is 25.7 Å². The van der Waals surface area contributed by atoms with E-state index in [1.165, 1.54) is 23.5 Å². The molecule has 3 heterocycles. The Morgan fingerprint density at radius 1 is 1.07 bits per heavy atom. The molecular formula is C33H36F2N4O5S. The fourth-order valence-corrected chi connectivity index (χ4v) is 7.41. The van der Waals surface area contributed by atoms with Crippen LogP contribution in [0.4, 0.5) is 19.7 Å². The normalized spacial score (nSPS) is 17.9. The van der Waals surface area contributed by atoms with Crippen LogP contribution >= 0.6 is 11.3 Å². The zero-order chi connectivity index (χ0) is 31.5. The number of nitrogens with zero attached hydrogens (tertiary/aromatic N) is 4. The number of carboxylic acid groups (broad SMARTS) is 1.